The Morgan fingerprint density at radius 2 is 2.19 bits per heavy atom. The van der Waals surface area contributed by atoms with Crippen LogP contribution in [0.2, 0.25) is 0 Å². The molecule has 1 aromatic carbocycles. The molecule has 16 heavy (non-hydrogen) atoms. The van der Waals surface area contributed by atoms with Crippen LogP contribution in [0.4, 0.5) is 4.39 Å². The zero-order valence-corrected chi connectivity index (χ0v) is 10.4. The summed E-state index contributed by atoms with van der Waals surface area (Å²) in [7, 11) is 0. The third-order valence-electron chi connectivity index (χ3n) is 1.81. The number of halogens is 3. The molecule has 0 fully saturated rings. The van der Waals surface area contributed by atoms with Gasteiger partial charge in [0.1, 0.15) is 5.82 Å². The zero-order valence-electron chi connectivity index (χ0n) is 7.98. The van der Waals surface area contributed by atoms with Gasteiger partial charge in [-0.05, 0) is 18.2 Å². The van der Waals surface area contributed by atoms with E-state index in [9.17, 15) is 4.39 Å². The van der Waals surface area contributed by atoms with Crippen LogP contribution in [-0.4, -0.2) is 10.1 Å². The average molecular weight is 309 g/mol. The standard InChI is InChI=1S/C9H7BrFN3O.ClH/c10-5-1-2-6(7(11)3-5)9-13-8(4-12)15-14-9;/h1-3H,4,12H2;1H. The quantitative estimate of drug-likeness (QED) is 0.926. The molecule has 1 aromatic heterocycles. The fourth-order valence-corrected chi connectivity index (χ4v) is 1.45. The van der Waals surface area contributed by atoms with Crippen molar-refractivity contribution in [1.29, 1.82) is 0 Å². The molecule has 1 heterocycles. The molecule has 2 rings (SSSR count). The SMILES string of the molecule is Cl.NCc1nc(-c2ccc(Br)cc2F)no1. The molecule has 2 aromatic rings. The van der Waals surface area contributed by atoms with Crippen LogP contribution in [0.5, 0.6) is 0 Å². The summed E-state index contributed by atoms with van der Waals surface area (Å²) in [6, 6.07) is 4.62. The number of nitrogens with two attached hydrogens (primary N) is 1. The van der Waals surface area contributed by atoms with Crippen LogP contribution in [0.25, 0.3) is 11.4 Å². The molecule has 0 aliphatic carbocycles. The first kappa shape index (κ1) is 13.1. The van der Waals surface area contributed by atoms with E-state index in [1.54, 1.807) is 12.1 Å². The monoisotopic (exact) mass is 307 g/mol. The Labute approximate surface area is 106 Å². The summed E-state index contributed by atoms with van der Waals surface area (Å²) in [6.45, 7) is 0.144. The van der Waals surface area contributed by atoms with Crippen molar-refractivity contribution in [3.63, 3.8) is 0 Å². The molecule has 0 spiro atoms. The van der Waals surface area contributed by atoms with Gasteiger partial charge in [-0.25, -0.2) is 4.39 Å². The van der Waals surface area contributed by atoms with Crippen LogP contribution in [0.1, 0.15) is 5.89 Å². The van der Waals surface area contributed by atoms with E-state index in [1.165, 1.54) is 6.07 Å². The molecule has 0 saturated heterocycles. The van der Waals surface area contributed by atoms with Crippen molar-refractivity contribution in [2.45, 2.75) is 6.54 Å². The summed E-state index contributed by atoms with van der Waals surface area (Å²) >= 11 is 3.16. The molecule has 0 aliphatic rings. The summed E-state index contributed by atoms with van der Waals surface area (Å²) in [5, 5.41) is 3.63. The van der Waals surface area contributed by atoms with Gasteiger partial charge in [-0.1, -0.05) is 21.1 Å². The Hall–Kier alpha value is -0.980. The third kappa shape index (κ3) is 2.58. The van der Waals surface area contributed by atoms with Gasteiger partial charge in [-0.15, -0.1) is 12.4 Å². The van der Waals surface area contributed by atoms with Gasteiger partial charge in [0, 0.05) is 4.47 Å². The minimum atomic E-state index is -0.409. The van der Waals surface area contributed by atoms with Crippen molar-refractivity contribution in [3.05, 3.63) is 34.4 Å². The number of rotatable bonds is 2. The summed E-state index contributed by atoms with van der Waals surface area (Å²) in [4.78, 5) is 3.93. The molecule has 2 N–H and O–H groups in total. The van der Waals surface area contributed by atoms with Crippen molar-refractivity contribution in [1.82, 2.24) is 10.1 Å². The second-order valence-electron chi connectivity index (χ2n) is 2.84. The predicted octanol–water partition coefficient (Wildman–Crippen LogP) is 2.52. The molecule has 0 saturated carbocycles. The molecule has 0 unspecified atom stereocenters. The van der Waals surface area contributed by atoms with Crippen LogP contribution in [0, 0.1) is 5.82 Å². The van der Waals surface area contributed by atoms with Crippen LogP contribution >= 0.6 is 28.3 Å². The maximum Gasteiger partial charge on any atom is 0.240 e. The Bertz CT molecular complexity index is 491. The largest absolute Gasteiger partial charge is 0.338 e. The normalized spacial score (nSPS) is 9.94. The average Bonchev–Trinajstić information content (AvgIpc) is 2.66. The lowest BCUT2D eigenvalue weighted by molar-refractivity contribution is 0.380. The number of nitrogens with zero attached hydrogens (tertiary/aromatic N) is 2. The van der Waals surface area contributed by atoms with E-state index < -0.39 is 5.82 Å². The van der Waals surface area contributed by atoms with E-state index in [0.29, 0.717) is 10.0 Å². The highest BCUT2D eigenvalue weighted by atomic mass is 79.9. The lowest BCUT2D eigenvalue weighted by Gasteiger charge is -1.97. The predicted molar refractivity (Wildman–Crippen MR) is 62.5 cm³/mol. The maximum atomic E-state index is 13.5. The highest BCUT2D eigenvalue weighted by Gasteiger charge is 2.11. The topological polar surface area (TPSA) is 64.9 Å². The lowest BCUT2D eigenvalue weighted by Crippen LogP contribution is -1.95. The fourth-order valence-electron chi connectivity index (χ4n) is 1.12. The van der Waals surface area contributed by atoms with Crippen molar-refractivity contribution >= 4 is 28.3 Å². The molecule has 86 valence electrons. The fraction of sp³-hybridized carbons (Fsp3) is 0.111. The van der Waals surface area contributed by atoms with Gasteiger partial charge in [0.2, 0.25) is 11.7 Å². The second-order valence-corrected chi connectivity index (χ2v) is 3.76. The second kappa shape index (κ2) is 5.38. The summed E-state index contributed by atoms with van der Waals surface area (Å²) in [5.74, 6) is 0.0847. The lowest BCUT2D eigenvalue weighted by atomic mass is 10.2. The Morgan fingerprint density at radius 1 is 1.44 bits per heavy atom. The van der Waals surface area contributed by atoms with Crippen molar-refractivity contribution in [2.75, 3.05) is 0 Å². The minimum absolute atomic E-state index is 0. The molecular formula is C9H8BrClFN3O. The van der Waals surface area contributed by atoms with Crippen LogP contribution < -0.4 is 5.73 Å². The highest BCUT2D eigenvalue weighted by Crippen LogP contribution is 2.22. The van der Waals surface area contributed by atoms with E-state index in [0.717, 1.165) is 0 Å². The van der Waals surface area contributed by atoms with Crippen LogP contribution in [0.3, 0.4) is 0 Å². The molecule has 0 radical (unpaired) electrons. The summed E-state index contributed by atoms with van der Waals surface area (Å²) in [6.07, 6.45) is 0. The Balaban J connectivity index is 0.00000128. The number of hydrogen-bond acceptors (Lipinski definition) is 4. The first-order valence-electron chi connectivity index (χ1n) is 4.19. The van der Waals surface area contributed by atoms with E-state index in [4.69, 9.17) is 10.3 Å². The number of aromatic nitrogens is 2. The van der Waals surface area contributed by atoms with Gasteiger partial charge < -0.3 is 10.3 Å². The Kier molecular flexibility index (Phi) is 4.40. The van der Waals surface area contributed by atoms with Gasteiger partial charge in [0.05, 0.1) is 12.1 Å². The van der Waals surface area contributed by atoms with Crippen LogP contribution in [-0.2, 0) is 6.54 Å². The van der Waals surface area contributed by atoms with Crippen molar-refractivity contribution in [2.24, 2.45) is 5.73 Å². The highest BCUT2D eigenvalue weighted by molar-refractivity contribution is 9.10. The number of benzene rings is 1. The smallest absolute Gasteiger partial charge is 0.240 e. The molecule has 0 aliphatic heterocycles. The van der Waals surface area contributed by atoms with Gasteiger partial charge in [0.15, 0.2) is 0 Å². The molecule has 7 heteroatoms. The van der Waals surface area contributed by atoms with Gasteiger partial charge >= 0.3 is 0 Å². The van der Waals surface area contributed by atoms with Crippen molar-refractivity contribution in [3.8, 4) is 11.4 Å². The molecule has 0 atom stereocenters. The van der Waals surface area contributed by atoms with Crippen molar-refractivity contribution < 1.29 is 8.91 Å². The Morgan fingerprint density at radius 3 is 2.75 bits per heavy atom. The van der Waals surface area contributed by atoms with E-state index in [-0.39, 0.29) is 30.7 Å². The first-order chi connectivity index (χ1) is 7.20. The molecule has 0 bridgehead atoms. The molecule has 0 amide bonds. The zero-order chi connectivity index (χ0) is 10.8. The summed E-state index contributed by atoms with van der Waals surface area (Å²) < 4.78 is 18.9. The van der Waals surface area contributed by atoms with E-state index in [2.05, 4.69) is 26.1 Å². The first-order valence-corrected chi connectivity index (χ1v) is 4.98. The number of hydrogen-bond donors (Lipinski definition) is 1. The van der Waals surface area contributed by atoms with Gasteiger partial charge in [0.25, 0.3) is 0 Å². The molecule has 4 nitrogen and oxygen atoms in total. The third-order valence-corrected chi connectivity index (χ3v) is 2.31. The maximum absolute atomic E-state index is 13.5. The van der Waals surface area contributed by atoms with Gasteiger partial charge in [-0.2, -0.15) is 4.98 Å². The summed E-state index contributed by atoms with van der Waals surface area (Å²) in [5.41, 5.74) is 5.60. The van der Waals surface area contributed by atoms with Crippen LogP contribution in [0.15, 0.2) is 27.2 Å². The minimum Gasteiger partial charge on any atom is -0.338 e. The molecular weight excluding hydrogens is 300 g/mol. The van der Waals surface area contributed by atoms with E-state index in [1.807, 2.05) is 0 Å². The van der Waals surface area contributed by atoms with Gasteiger partial charge in [-0.3, -0.25) is 0 Å². The van der Waals surface area contributed by atoms with E-state index >= 15 is 0 Å².